The van der Waals surface area contributed by atoms with E-state index in [1.54, 1.807) is 12.1 Å². The number of hydrogen-bond acceptors (Lipinski definition) is 5. The Morgan fingerprint density at radius 1 is 1.07 bits per heavy atom. The second-order valence-electron chi connectivity index (χ2n) is 6.31. The van der Waals surface area contributed by atoms with E-state index in [4.69, 9.17) is 9.47 Å². The van der Waals surface area contributed by atoms with Crippen LogP contribution in [-0.4, -0.2) is 40.1 Å². The lowest BCUT2D eigenvalue weighted by atomic mass is 10.3. The molecule has 9 heteroatoms. The Balaban J connectivity index is 1.51. The van der Waals surface area contributed by atoms with Gasteiger partial charge in [-0.2, -0.15) is 0 Å². The Hall–Kier alpha value is -2.65. The van der Waals surface area contributed by atoms with E-state index in [0.29, 0.717) is 30.4 Å². The first kappa shape index (κ1) is 17.7. The number of halogens is 1. The van der Waals surface area contributed by atoms with E-state index < -0.39 is 21.9 Å². The third-order valence-corrected chi connectivity index (χ3v) is 5.91. The number of anilines is 1. The van der Waals surface area contributed by atoms with E-state index in [9.17, 15) is 17.6 Å². The Labute approximate surface area is 155 Å². The lowest BCUT2D eigenvalue weighted by Crippen LogP contribution is -2.37. The smallest absolute Gasteiger partial charge is 0.241 e. The molecule has 142 valence electrons. The molecule has 2 aromatic carbocycles. The molecule has 0 aromatic heterocycles. The van der Waals surface area contributed by atoms with Crippen LogP contribution in [0.2, 0.25) is 0 Å². The molecule has 0 unspecified atom stereocenters. The van der Waals surface area contributed by atoms with Crippen molar-refractivity contribution in [2.45, 2.75) is 17.4 Å². The third-order valence-electron chi connectivity index (χ3n) is 4.39. The monoisotopic (exact) mass is 392 g/mol. The summed E-state index contributed by atoms with van der Waals surface area (Å²) >= 11 is 0. The molecular formula is C18H17FN2O5S. The van der Waals surface area contributed by atoms with Crippen LogP contribution < -0.4 is 19.1 Å². The lowest BCUT2D eigenvalue weighted by Gasteiger charge is -2.20. The largest absolute Gasteiger partial charge is 0.486 e. The molecule has 2 heterocycles. The number of carbonyl (C=O) groups is 1. The van der Waals surface area contributed by atoms with E-state index in [-0.39, 0.29) is 23.8 Å². The summed E-state index contributed by atoms with van der Waals surface area (Å²) in [5.41, 5.74) is 0.404. The Morgan fingerprint density at radius 2 is 1.85 bits per heavy atom. The van der Waals surface area contributed by atoms with Crippen LogP contribution in [0.25, 0.3) is 0 Å². The highest BCUT2D eigenvalue weighted by molar-refractivity contribution is 7.89. The van der Waals surface area contributed by atoms with E-state index in [1.807, 2.05) is 0 Å². The van der Waals surface area contributed by atoms with Crippen LogP contribution in [0.4, 0.5) is 10.1 Å². The topological polar surface area (TPSA) is 84.9 Å². The number of carbonyl (C=O) groups excluding carboxylic acids is 1. The molecule has 0 aliphatic carbocycles. The average molecular weight is 392 g/mol. The molecule has 1 N–H and O–H groups in total. The zero-order valence-corrected chi connectivity index (χ0v) is 15.0. The molecule has 0 bridgehead atoms. The molecular weight excluding hydrogens is 375 g/mol. The summed E-state index contributed by atoms with van der Waals surface area (Å²) in [4.78, 5) is 13.6. The van der Waals surface area contributed by atoms with Crippen LogP contribution in [0.15, 0.2) is 47.4 Å². The highest BCUT2D eigenvalue weighted by Crippen LogP contribution is 2.32. The first-order valence-electron chi connectivity index (χ1n) is 8.40. The van der Waals surface area contributed by atoms with Crippen molar-refractivity contribution in [2.75, 3.05) is 24.7 Å². The van der Waals surface area contributed by atoms with Crippen LogP contribution in [-0.2, 0) is 14.8 Å². The fourth-order valence-electron chi connectivity index (χ4n) is 3.16. The number of nitrogens with one attached hydrogen (secondary N) is 1. The number of benzene rings is 2. The maximum atomic E-state index is 13.4. The summed E-state index contributed by atoms with van der Waals surface area (Å²) in [5, 5.41) is 0. The Bertz CT molecular complexity index is 995. The predicted molar refractivity (Wildman–Crippen MR) is 94.9 cm³/mol. The van der Waals surface area contributed by atoms with Crippen LogP contribution in [0.5, 0.6) is 11.5 Å². The van der Waals surface area contributed by atoms with Crippen molar-refractivity contribution in [2.24, 2.45) is 0 Å². The van der Waals surface area contributed by atoms with E-state index >= 15 is 0 Å². The second-order valence-corrected chi connectivity index (χ2v) is 8.03. The zero-order chi connectivity index (χ0) is 19.0. The number of ether oxygens (including phenoxy) is 2. The minimum Gasteiger partial charge on any atom is -0.486 e. The van der Waals surface area contributed by atoms with Gasteiger partial charge in [-0.05, 0) is 30.3 Å². The van der Waals surface area contributed by atoms with Gasteiger partial charge in [0.25, 0.3) is 0 Å². The highest BCUT2D eigenvalue weighted by Gasteiger charge is 2.34. The molecule has 2 aliphatic rings. The molecule has 7 nitrogen and oxygen atoms in total. The normalized spacial score (nSPS) is 19.4. The summed E-state index contributed by atoms with van der Waals surface area (Å²) in [6.45, 7) is 0.896. The van der Waals surface area contributed by atoms with Crippen LogP contribution in [0.3, 0.4) is 0 Å². The van der Waals surface area contributed by atoms with Crippen molar-refractivity contribution in [1.29, 1.82) is 0 Å². The van der Waals surface area contributed by atoms with Gasteiger partial charge in [0.1, 0.15) is 19.0 Å². The van der Waals surface area contributed by atoms with Crippen molar-refractivity contribution < 1.29 is 27.1 Å². The van der Waals surface area contributed by atoms with Crippen LogP contribution in [0, 0.1) is 5.82 Å². The SMILES string of the molecule is O=C1C[C@@H](NS(=O)(=O)c2ccc3c(c2)OCCO3)CN1c1cccc(F)c1. The molecule has 27 heavy (non-hydrogen) atoms. The van der Waals surface area contributed by atoms with Gasteiger partial charge in [0.2, 0.25) is 15.9 Å². The first-order chi connectivity index (χ1) is 12.9. The summed E-state index contributed by atoms with van der Waals surface area (Å²) in [5.74, 6) is 0.137. The summed E-state index contributed by atoms with van der Waals surface area (Å²) in [7, 11) is -3.85. The average Bonchev–Trinajstić information content (AvgIpc) is 3.00. The summed E-state index contributed by atoms with van der Waals surface area (Å²) < 4.78 is 52.1. The van der Waals surface area contributed by atoms with E-state index in [1.165, 1.54) is 35.2 Å². The van der Waals surface area contributed by atoms with Gasteiger partial charge in [-0.1, -0.05) is 6.07 Å². The number of nitrogens with zero attached hydrogens (tertiary/aromatic N) is 1. The predicted octanol–water partition coefficient (Wildman–Crippen LogP) is 1.68. The fraction of sp³-hybridized carbons (Fsp3) is 0.278. The van der Waals surface area contributed by atoms with Crippen LogP contribution in [0.1, 0.15) is 6.42 Å². The second kappa shape index (κ2) is 6.82. The van der Waals surface area contributed by atoms with Gasteiger partial charge in [-0.3, -0.25) is 4.79 Å². The van der Waals surface area contributed by atoms with Gasteiger partial charge in [0.15, 0.2) is 11.5 Å². The summed E-state index contributed by atoms with van der Waals surface area (Å²) in [6.07, 6.45) is 0.000293. The number of sulfonamides is 1. The number of rotatable bonds is 4. The molecule has 0 spiro atoms. The molecule has 4 rings (SSSR count). The molecule has 2 aromatic rings. The first-order valence-corrected chi connectivity index (χ1v) is 9.89. The number of fused-ring (bicyclic) bond motifs is 1. The maximum Gasteiger partial charge on any atom is 0.241 e. The van der Waals surface area contributed by atoms with Gasteiger partial charge in [0, 0.05) is 30.8 Å². The van der Waals surface area contributed by atoms with Crippen LogP contribution >= 0.6 is 0 Å². The quantitative estimate of drug-likeness (QED) is 0.856. The highest BCUT2D eigenvalue weighted by atomic mass is 32.2. The molecule has 2 aliphatic heterocycles. The number of amides is 1. The van der Waals surface area contributed by atoms with Gasteiger partial charge in [-0.25, -0.2) is 17.5 Å². The molecule has 1 fully saturated rings. The molecule has 1 saturated heterocycles. The van der Waals surface area contributed by atoms with Gasteiger partial charge < -0.3 is 14.4 Å². The molecule has 0 radical (unpaired) electrons. The van der Waals surface area contributed by atoms with Crippen molar-refractivity contribution in [3.8, 4) is 11.5 Å². The molecule has 1 amide bonds. The lowest BCUT2D eigenvalue weighted by molar-refractivity contribution is -0.117. The van der Waals surface area contributed by atoms with Crippen molar-refractivity contribution in [3.05, 3.63) is 48.3 Å². The van der Waals surface area contributed by atoms with Crippen molar-refractivity contribution in [1.82, 2.24) is 4.72 Å². The number of hydrogen-bond donors (Lipinski definition) is 1. The fourth-order valence-corrected chi connectivity index (χ4v) is 4.40. The van der Waals surface area contributed by atoms with Gasteiger partial charge >= 0.3 is 0 Å². The minimum atomic E-state index is -3.85. The standard InChI is InChI=1S/C18H17FN2O5S/c19-12-2-1-3-14(8-12)21-11-13(9-18(21)22)20-27(23,24)15-4-5-16-17(10-15)26-7-6-25-16/h1-5,8,10,13,20H,6-7,9,11H2/t13-/m1/s1. The zero-order valence-electron chi connectivity index (χ0n) is 14.2. The van der Waals surface area contributed by atoms with E-state index in [0.717, 1.165) is 0 Å². The van der Waals surface area contributed by atoms with Crippen molar-refractivity contribution in [3.63, 3.8) is 0 Å². The molecule has 1 atom stereocenters. The summed E-state index contributed by atoms with van der Waals surface area (Å²) in [6, 6.07) is 9.40. The Kier molecular flexibility index (Phi) is 4.48. The van der Waals surface area contributed by atoms with E-state index in [2.05, 4.69) is 4.72 Å². The maximum absolute atomic E-state index is 13.4. The Morgan fingerprint density at radius 3 is 2.63 bits per heavy atom. The third kappa shape index (κ3) is 3.60. The van der Waals surface area contributed by atoms with Gasteiger partial charge in [-0.15, -0.1) is 0 Å². The van der Waals surface area contributed by atoms with Gasteiger partial charge in [0.05, 0.1) is 4.90 Å². The van der Waals surface area contributed by atoms with Crippen molar-refractivity contribution >= 4 is 21.6 Å². The molecule has 0 saturated carbocycles. The minimum absolute atomic E-state index is 0.000293.